The second-order valence-electron chi connectivity index (χ2n) is 5.12. The average Bonchev–Trinajstić information content (AvgIpc) is 2.38. The van der Waals surface area contributed by atoms with E-state index in [2.05, 4.69) is 50.4 Å². The molecule has 0 amide bonds. The topological polar surface area (TPSA) is 32.3 Å². The number of aromatic hydroxyl groups is 1. The summed E-state index contributed by atoms with van der Waals surface area (Å²) in [5, 5.41) is 13.1. The Balaban J connectivity index is 2.08. The van der Waals surface area contributed by atoms with Crippen LogP contribution in [0.15, 0.2) is 48.5 Å². The summed E-state index contributed by atoms with van der Waals surface area (Å²) < 4.78 is 0. The Kier molecular flexibility index (Phi) is 4.23. The molecule has 0 aliphatic heterocycles. The summed E-state index contributed by atoms with van der Waals surface area (Å²) in [6, 6.07) is 16.4. The molecule has 0 aliphatic rings. The summed E-state index contributed by atoms with van der Waals surface area (Å²) in [7, 11) is 0. The van der Waals surface area contributed by atoms with Gasteiger partial charge in [0.05, 0.1) is 0 Å². The molecule has 2 rings (SSSR count). The molecule has 0 saturated heterocycles. The third kappa shape index (κ3) is 3.58. The molecule has 0 fully saturated rings. The monoisotopic (exact) mass is 255 g/mol. The van der Waals surface area contributed by atoms with Crippen LogP contribution in [-0.2, 0) is 0 Å². The van der Waals surface area contributed by atoms with Gasteiger partial charge in [-0.1, -0.05) is 42.0 Å². The predicted molar refractivity (Wildman–Crippen MR) is 79.3 cm³/mol. The number of hydrogen-bond acceptors (Lipinski definition) is 2. The van der Waals surface area contributed by atoms with Crippen molar-refractivity contribution in [2.24, 2.45) is 0 Å². The Morgan fingerprint density at radius 3 is 2.05 bits per heavy atom. The summed E-state index contributed by atoms with van der Waals surface area (Å²) in [5.41, 5.74) is 3.66. The number of hydrogen-bond donors (Lipinski definition) is 2. The van der Waals surface area contributed by atoms with Crippen molar-refractivity contribution in [1.29, 1.82) is 0 Å². The van der Waals surface area contributed by atoms with Gasteiger partial charge in [0.2, 0.25) is 0 Å². The van der Waals surface area contributed by atoms with E-state index in [9.17, 15) is 5.11 Å². The van der Waals surface area contributed by atoms with Crippen LogP contribution in [0, 0.1) is 6.92 Å². The van der Waals surface area contributed by atoms with Crippen molar-refractivity contribution in [3.63, 3.8) is 0 Å². The van der Waals surface area contributed by atoms with Crippen LogP contribution in [0.3, 0.4) is 0 Å². The maximum Gasteiger partial charge on any atom is 0.115 e. The van der Waals surface area contributed by atoms with Gasteiger partial charge in [0.1, 0.15) is 5.75 Å². The lowest BCUT2D eigenvalue weighted by molar-refractivity contribution is 0.466. The maximum atomic E-state index is 9.52. The van der Waals surface area contributed by atoms with E-state index in [1.54, 1.807) is 12.1 Å². The Morgan fingerprint density at radius 1 is 0.895 bits per heavy atom. The Bertz CT molecular complexity index is 501. The quantitative estimate of drug-likeness (QED) is 0.861. The van der Waals surface area contributed by atoms with Crippen molar-refractivity contribution in [3.8, 4) is 5.75 Å². The summed E-state index contributed by atoms with van der Waals surface area (Å²) in [5.74, 6) is 0.314. The van der Waals surface area contributed by atoms with Gasteiger partial charge in [-0.2, -0.15) is 0 Å². The van der Waals surface area contributed by atoms with E-state index in [-0.39, 0.29) is 12.1 Å². The first-order chi connectivity index (χ1) is 9.06. The molecule has 0 aromatic heterocycles. The molecular weight excluding hydrogens is 234 g/mol. The van der Waals surface area contributed by atoms with Gasteiger partial charge < -0.3 is 10.4 Å². The highest BCUT2D eigenvalue weighted by molar-refractivity contribution is 5.30. The van der Waals surface area contributed by atoms with E-state index in [1.807, 2.05) is 12.1 Å². The molecule has 100 valence electrons. The van der Waals surface area contributed by atoms with Crippen LogP contribution in [0.4, 0.5) is 0 Å². The highest BCUT2D eigenvalue weighted by Gasteiger charge is 2.11. The average molecular weight is 255 g/mol. The fourth-order valence-corrected chi connectivity index (χ4v) is 2.30. The Morgan fingerprint density at radius 2 is 1.47 bits per heavy atom. The van der Waals surface area contributed by atoms with E-state index in [0.29, 0.717) is 5.75 Å². The fraction of sp³-hybridized carbons (Fsp3) is 0.294. The molecule has 2 N–H and O–H groups in total. The Labute approximate surface area is 115 Å². The summed E-state index contributed by atoms with van der Waals surface area (Å²) >= 11 is 0. The maximum absolute atomic E-state index is 9.52. The van der Waals surface area contributed by atoms with Gasteiger partial charge in [-0.15, -0.1) is 0 Å². The zero-order valence-electron chi connectivity index (χ0n) is 11.7. The van der Waals surface area contributed by atoms with Crippen LogP contribution in [0.1, 0.15) is 42.6 Å². The van der Waals surface area contributed by atoms with Gasteiger partial charge >= 0.3 is 0 Å². The normalized spacial score (nSPS) is 14.1. The number of nitrogens with one attached hydrogen (secondary N) is 1. The minimum atomic E-state index is 0.197. The Hall–Kier alpha value is -1.80. The van der Waals surface area contributed by atoms with Crippen molar-refractivity contribution in [1.82, 2.24) is 5.32 Å². The third-order valence-electron chi connectivity index (χ3n) is 3.41. The first-order valence-electron chi connectivity index (χ1n) is 6.68. The first-order valence-corrected chi connectivity index (χ1v) is 6.68. The molecule has 0 heterocycles. The highest BCUT2D eigenvalue weighted by atomic mass is 16.3. The van der Waals surface area contributed by atoms with Crippen molar-refractivity contribution >= 4 is 0 Å². The van der Waals surface area contributed by atoms with Crippen LogP contribution < -0.4 is 5.32 Å². The van der Waals surface area contributed by atoms with Gasteiger partial charge in [0, 0.05) is 12.1 Å². The molecule has 0 spiro atoms. The molecule has 0 saturated carbocycles. The molecule has 2 unspecified atom stereocenters. The summed E-state index contributed by atoms with van der Waals surface area (Å²) in [6.07, 6.45) is 0. The SMILES string of the molecule is Cc1cccc(C(C)NC(C)c2cccc(O)c2)c1. The minimum Gasteiger partial charge on any atom is -0.508 e. The van der Waals surface area contributed by atoms with Gasteiger partial charge in [0.15, 0.2) is 0 Å². The molecule has 2 nitrogen and oxygen atoms in total. The van der Waals surface area contributed by atoms with Crippen molar-refractivity contribution in [2.45, 2.75) is 32.9 Å². The standard InChI is InChI=1S/C17H21NO/c1-12-6-4-7-15(10-12)13(2)18-14(3)16-8-5-9-17(19)11-16/h4-11,13-14,18-19H,1-3H3. The molecule has 2 atom stereocenters. The number of phenols is 1. The molecule has 2 heteroatoms. The lowest BCUT2D eigenvalue weighted by atomic mass is 10.0. The number of aryl methyl sites for hydroxylation is 1. The first kappa shape index (κ1) is 13.6. The molecule has 0 radical (unpaired) electrons. The van der Waals surface area contributed by atoms with Gasteiger partial charge in [-0.3, -0.25) is 0 Å². The van der Waals surface area contributed by atoms with Crippen LogP contribution in [0.2, 0.25) is 0 Å². The van der Waals surface area contributed by atoms with Gasteiger partial charge in [-0.05, 0) is 44.0 Å². The van der Waals surface area contributed by atoms with Crippen molar-refractivity contribution < 1.29 is 5.11 Å². The zero-order valence-corrected chi connectivity index (χ0v) is 11.7. The highest BCUT2D eigenvalue weighted by Crippen LogP contribution is 2.22. The molecule has 0 bridgehead atoms. The van der Waals surface area contributed by atoms with Crippen molar-refractivity contribution in [3.05, 3.63) is 65.2 Å². The van der Waals surface area contributed by atoms with Gasteiger partial charge in [-0.25, -0.2) is 0 Å². The largest absolute Gasteiger partial charge is 0.508 e. The minimum absolute atomic E-state index is 0.197. The zero-order chi connectivity index (χ0) is 13.8. The molecule has 19 heavy (non-hydrogen) atoms. The smallest absolute Gasteiger partial charge is 0.115 e. The molecule has 0 aliphatic carbocycles. The van der Waals surface area contributed by atoms with Crippen LogP contribution in [0.5, 0.6) is 5.75 Å². The van der Waals surface area contributed by atoms with Crippen molar-refractivity contribution in [2.75, 3.05) is 0 Å². The lowest BCUT2D eigenvalue weighted by Crippen LogP contribution is -2.22. The van der Waals surface area contributed by atoms with Crippen LogP contribution in [-0.4, -0.2) is 5.11 Å². The second-order valence-corrected chi connectivity index (χ2v) is 5.12. The molecule has 2 aromatic rings. The molecule has 2 aromatic carbocycles. The predicted octanol–water partition coefficient (Wildman–Crippen LogP) is 4.11. The third-order valence-corrected chi connectivity index (χ3v) is 3.41. The second kappa shape index (κ2) is 5.89. The fourth-order valence-electron chi connectivity index (χ4n) is 2.30. The number of phenolic OH excluding ortho intramolecular Hbond substituents is 1. The number of benzene rings is 2. The van der Waals surface area contributed by atoms with E-state index in [0.717, 1.165) is 5.56 Å². The lowest BCUT2D eigenvalue weighted by Gasteiger charge is -2.21. The van der Waals surface area contributed by atoms with E-state index < -0.39 is 0 Å². The molecular formula is C17H21NO. The van der Waals surface area contributed by atoms with Gasteiger partial charge in [0.25, 0.3) is 0 Å². The van der Waals surface area contributed by atoms with Crippen LogP contribution >= 0.6 is 0 Å². The summed E-state index contributed by atoms with van der Waals surface area (Å²) in [6.45, 7) is 6.38. The van der Waals surface area contributed by atoms with Crippen LogP contribution in [0.25, 0.3) is 0 Å². The number of rotatable bonds is 4. The van der Waals surface area contributed by atoms with E-state index >= 15 is 0 Å². The van der Waals surface area contributed by atoms with E-state index in [4.69, 9.17) is 0 Å². The summed E-state index contributed by atoms with van der Waals surface area (Å²) in [4.78, 5) is 0. The van der Waals surface area contributed by atoms with E-state index in [1.165, 1.54) is 11.1 Å².